The van der Waals surface area contributed by atoms with Crippen LogP contribution in [0.5, 0.6) is 5.75 Å². The summed E-state index contributed by atoms with van der Waals surface area (Å²) < 4.78 is 32.6. The molecule has 14 nitrogen and oxygen atoms in total. The van der Waals surface area contributed by atoms with Gasteiger partial charge < -0.3 is 9.68 Å². The molecule has 2 N–H and O–H groups in total. The maximum Gasteiger partial charge on any atom is 0.569 e. The lowest BCUT2D eigenvalue weighted by molar-refractivity contribution is 0.0996. The summed E-state index contributed by atoms with van der Waals surface area (Å²) in [7, 11) is 3.16. The SMILES string of the molecule is CC(=O)c1nn(C)c(=O)[nH]c1=O.CC(=O)c1nn(C)c(=O)n(-c2ccc(F)c(Cl)c2)c1=O.O[B]Oc1ccc(F)c(Cl)c1. The average molecular weight is 640 g/mol. The van der Waals surface area contributed by atoms with Gasteiger partial charge in [-0.05, 0) is 36.4 Å². The van der Waals surface area contributed by atoms with Crippen LogP contribution in [0, 0.1) is 11.6 Å². The largest absolute Gasteiger partial charge is 0.569 e. The highest BCUT2D eigenvalue weighted by Crippen LogP contribution is 2.20. The van der Waals surface area contributed by atoms with E-state index in [2.05, 4.69) is 14.9 Å². The summed E-state index contributed by atoms with van der Waals surface area (Å²) in [6.07, 6.45) is 0. The van der Waals surface area contributed by atoms with Gasteiger partial charge in [0.1, 0.15) is 17.4 Å². The molecule has 0 atom stereocenters. The fourth-order valence-corrected chi connectivity index (χ4v) is 3.31. The average Bonchev–Trinajstić information content (AvgIpc) is 2.93. The quantitative estimate of drug-likeness (QED) is 0.235. The Labute approximate surface area is 250 Å². The number of aromatic amines is 1. The number of nitrogens with zero attached hydrogens (tertiary/aromatic N) is 5. The van der Waals surface area contributed by atoms with E-state index in [4.69, 9.17) is 28.2 Å². The number of benzene rings is 2. The minimum atomic E-state index is -0.872. The van der Waals surface area contributed by atoms with Gasteiger partial charge in [0.15, 0.2) is 23.0 Å². The van der Waals surface area contributed by atoms with Crippen molar-refractivity contribution in [3.05, 3.63) is 111 Å². The zero-order chi connectivity index (χ0) is 32.6. The monoisotopic (exact) mass is 639 g/mol. The normalized spacial score (nSPS) is 10.1. The van der Waals surface area contributed by atoms with Crippen LogP contribution in [0.25, 0.3) is 5.69 Å². The summed E-state index contributed by atoms with van der Waals surface area (Å²) in [6, 6.07) is 7.15. The Bertz CT molecular complexity index is 1930. The number of hydrogen-bond acceptors (Lipinski definition) is 10. The molecular formula is C24H20BCl2F2N6O8. The zero-order valence-electron chi connectivity index (χ0n) is 22.6. The van der Waals surface area contributed by atoms with Gasteiger partial charge in [0.2, 0.25) is 0 Å². The molecule has 0 fully saturated rings. The van der Waals surface area contributed by atoms with E-state index in [0.29, 0.717) is 13.4 Å². The lowest BCUT2D eigenvalue weighted by Gasteiger charge is -2.08. The lowest BCUT2D eigenvalue weighted by atomic mass is 10.3. The van der Waals surface area contributed by atoms with Gasteiger partial charge in [-0.1, -0.05) is 23.2 Å². The van der Waals surface area contributed by atoms with Gasteiger partial charge >= 0.3 is 19.1 Å². The Morgan fingerprint density at radius 2 is 1.42 bits per heavy atom. The number of nitrogens with one attached hydrogen (secondary N) is 1. The van der Waals surface area contributed by atoms with E-state index in [1.54, 1.807) is 0 Å². The number of Topliss-reactive ketones (excluding diaryl/α,β-unsaturated/α-hetero) is 2. The first-order valence-corrected chi connectivity index (χ1v) is 12.3. The number of ketones is 2. The van der Waals surface area contributed by atoms with Gasteiger partial charge in [-0.15, -0.1) is 0 Å². The van der Waals surface area contributed by atoms with Gasteiger partial charge in [0.25, 0.3) is 11.1 Å². The zero-order valence-corrected chi connectivity index (χ0v) is 24.1. The molecule has 0 saturated carbocycles. The fraction of sp³-hybridized carbons (Fsp3) is 0.167. The van der Waals surface area contributed by atoms with Crippen LogP contribution < -0.4 is 27.2 Å². The maximum atomic E-state index is 13.1. The van der Waals surface area contributed by atoms with Crippen LogP contribution in [0.3, 0.4) is 0 Å². The van der Waals surface area contributed by atoms with Crippen LogP contribution in [-0.2, 0) is 14.1 Å². The molecule has 19 heteroatoms. The molecule has 2 aromatic carbocycles. The molecule has 1 radical (unpaired) electrons. The Balaban J connectivity index is 0.000000241. The molecule has 0 spiro atoms. The van der Waals surface area contributed by atoms with Crippen molar-refractivity contribution in [1.82, 2.24) is 29.1 Å². The molecule has 0 saturated heterocycles. The Morgan fingerprint density at radius 1 is 0.884 bits per heavy atom. The molecule has 4 aromatic rings. The first-order chi connectivity index (χ1) is 20.1. The molecular weight excluding hydrogens is 620 g/mol. The second-order valence-corrected chi connectivity index (χ2v) is 8.95. The number of H-pyrrole nitrogens is 1. The standard InChI is InChI=1S/C12H9ClFN3O3.C6H4BClFO2.C6H7N3O3/c1-6(18)10-11(19)17(12(20)16(2)15-10)7-3-4-9(14)8(13)5-7;8-5-3-4(11-7-10)1-2-6(5)9;1-3(10)4-5(11)7-6(12)9(2)8-4/h3-5H,1-2H3;1-3,10H;1-2H3,(H,7,11,12). The molecule has 2 aromatic heterocycles. The third-order valence-corrected chi connectivity index (χ3v) is 5.59. The lowest BCUT2D eigenvalue weighted by Crippen LogP contribution is -2.42. The minimum Gasteiger partial charge on any atom is -0.537 e. The third-order valence-electron chi connectivity index (χ3n) is 5.01. The van der Waals surface area contributed by atoms with Crippen molar-refractivity contribution >= 4 is 42.5 Å². The van der Waals surface area contributed by atoms with Crippen molar-refractivity contribution in [2.75, 3.05) is 0 Å². The summed E-state index contributed by atoms with van der Waals surface area (Å²) in [5.74, 6) is -1.95. The second-order valence-electron chi connectivity index (χ2n) is 8.14. The molecule has 0 aliphatic carbocycles. The van der Waals surface area contributed by atoms with Gasteiger partial charge in [0, 0.05) is 27.9 Å². The smallest absolute Gasteiger partial charge is 0.537 e. The predicted molar refractivity (Wildman–Crippen MR) is 150 cm³/mol. The van der Waals surface area contributed by atoms with Crippen molar-refractivity contribution in [3.63, 3.8) is 0 Å². The number of halogens is 4. The summed E-state index contributed by atoms with van der Waals surface area (Å²) in [4.78, 5) is 69.8. The number of rotatable bonds is 5. The molecule has 0 aliphatic heterocycles. The Morgan fingerprint density at radius 3 is 1.93 bits per heavy atom. The highest BCUT2D eigenvalue weighted by atomic mass is 35.5. The van der Waals surface area contributed by atoms with E-state index in [1.165, 1.54) is 39.2 Å². The topological polar surface area (TPSA) is 188 Å². The van der Waals surface area contributed by atoms with Gasteiger partial charge in [0.05, 0.1) is 15.7 Å². The molecule has 4 rings (SSSR count). The second kappa shape index (κ2) is 14.9. The molecule has 0 unspecified atom stereocenters. The van der Waals surface area contributed by atoms with E-state index in [1.807, 2.05) is 4.98 Å². The Kier molecular flexibility index (Phi) is 12.0. The number of carbonyl (C=O) groups is 2. The van der Waals surface area contributed by atoms with Crippen molar-refractivity contribution in [3.8, 4) is 11.4 Å². The number of aromatic nitrogens is 6. The number of carbonyl (C=O) groups excluding carboxylic acids is 2. The van der Waals surface area contributed by atoms with Crippen LogP contribution in [0.4, 0.5) is 8.78 Å². The number of aryl methyl sites for hydroxylation is 2. The van der Waals surface area contributed by atoms with E-state index < -0.39 is 45.7 Å². The summed E-state index contributed by atoms with van der Waals surface area (Å²) >= 11 is 11.0. The van der Waals surface area contributed by atoms with Crippen LogP contribution in [-0.4, -0.2) is 53.4 Å². The van der Waals surface area contributed by atoms with E-state index in [9.17, 15) is 37.5 Å². The van der Waals surface area contributed by atoms with Gasteiger partial charge in [-0.2, -0.15) is 10.2 Å². The summed E-state index contributed by atoms with van der Waals surface area (Å²) in [6.45, 7) is 2.37. The van der Waals surface area contributed by atoms with E-state index in [-0.39, 0.29) is 27.1 Å². The van der Waals surface area contributed by atoms with Crippen LogP contribution in [0.2, 0.25) is 10.0 Å². The van der Waals surface area contributed by atoms with Crippen LogP contribution in [0.15, 0.2) is 55.6 Å². The summed E-state index contributed by atoms with van der Waals surface area (Å²) in [5.41, 5.74) is -3.59. The van der Waals surface area contributed by atoms with Crippen molar-refractivity contribution in [1.29, 1.82) is 0 Å². The molecule has 0 amide bonds. The van der Waals surface area contributed by atoms with Crippen LogP contribution >= 0.6 is 23.2 Å². The maximum absolute atomic E-state index is 13.1. The van der Waals surface area contributed by atoms with Crippen molar-refractivity contribution in [2.45, 2.75) is 13.8 Å². The van der Waals surface area contributed by atoms with Crippen molar-refractivity contribution < 1.29 is 28.0 Å². The molecule has 0 aliphatic rings. The highest BCUT2D eigenvalue weighted by molar-refractivity contribution is 6.31. The van der Waals surface area contributed by atoms with Gasteiger partial charge in [-0.3, -0.25) is 24.2 Å². The molecule has 2 heterocycles. The highest BCUT2D eigenvalue weighted by Gasteiger charge is 2.17. The molecule has 225 valence electrons. The first-order valence-electron chi connectivity index (χ1n) is 11.5. The number of hydrogen-bond donors (Lipinski definition) is 2. The van der Waals surface area contributed by atoms with E-state index >= 15 is 0 Å². The van der Waals surface area contributed by atoms with Gasteiger partial charge in [-0.25, -0.2) is 32.3 Å². The molecule has 0 bridgehead atoms. The predicted octanol–water partition coefficient (Wildman–Crippen LogP) is 0.982. The summed E-state index contributed by atoms with van der Waals surface area (Å²) in [5, 5.41) is 15.0. The van der Waals surface area contributed by atoms with Crippen LogP contribution in [0.1, 0.15) is 34.8 Å². The van der Waals surface area contributed by atoms with Crippen molar-refractivity contribution in [2.24, 2.45) is 14.1 Å². The van der Waals surface area contributed by atoms with E-state index in [0.717, 1.165) is 39.1 Å². The minimum absolute atomic E-state index is 0.0376. The molecule has 43 heavy (non-hydrogen) atoms. The third kappa shape index (κ3) is 8.87. The Hall–Kier alpha value is -4.74. The fourth-order valence-electron chi connectivity index (χ4n) is 2.97. The first kappa shape index (κ1) is 34.5.